The molecule has 0 N–H and O–H groups in total. The molecule has 0 aliphatic heterocycles. The Morgan fingerprint density at radius 3 is 2.58 bits per heavy atom. The summed E-state index contributed by atoms with van der Waals surface area (Å²) in [6, 6.07) is 9.23. The Balaban J connectivity index is 2.26. The summed E-state index contributed by atoms with van der Waals surface area (Å²) >= 11 is 0. The van der Waals surface area contributed by atoms with E-state index in [0.29, 0.717) is 12.0 Å². The van der Waals surface area contributed by atoms with Gasteiger partial charge in [-0.1, -0.05) is 56.4 Å². The summed E-state index contributed by atoms with van der Waals surface area (Å²) in [7, 11) is 0. The third kappa shape index (κ3) is 1.85. The van der Waals surface area contributed by atoms with Gasteiger partial charge in [0, 0.05) is 16.6 Å². The SMILES string of the molecule is CCc1c(C)n(C2C=CC=CC2C)c2ccccc12. The minimum absolute atomic E-state index is 0.440. The molecule has 3 rings (SSSR count). The average molecular weight is 251 g/mol. The Kier molecular flexibility index (Phi) is 3.06. The van der Waals surface area contributed by atoms with Gasteiger partial charge in [0.15, 0.2) is 0 Å². The van der Waals surface area contributed by atoms with Crippen LogP contribution in [-0.2, 0) is 6.42 Å². The Morgan fingerprint density at radius 2 is 1.84 bits per heavy atom. The van der Waals surface area contributed by atoms with Gasteiger partial charge in [-0.3, -0.25) is 0 Å². The van der Waals surface area contributed by atoms with E-state index in [1.54, 1.807) is 0 Å². The van der Waals surface area contributed by atoms with Gasteiger partial charge < -0.3 is 4.57 Å². The molecule has 1 nitrogen and oxygen atoms in total. The second kappa shape index (κ2) is 4.73. The van der Waals surface area contributed by atoms with Crippen LogP contribution in [-0.4, -0.2) is 4.57 Å². The second-order valence-corrected chi connectivity index (χ2v) is 5.42. The lowest BCUT2D eigenvalue weighted by atomic mass is 9.96. The summed E-state index contributed by atoms with van der Waals surface area (Å²) in [4.78, 5) is 0. The fourth-order valence-corrected chi connectivity index (χ4v) is 3.32. The van der Waals surface area contributed by atoms with Crippen LogP contribution < -0.4 is 0 Å². The number of rotatable bonds is 2. The van der Waals surface area contributed by atoms with Crippen molar-refractivity contribution in [3.63, 3.8) is 0 Å². The molecule has 1 aliphatic rings. The molecular weight excluding hydrogens is 230 g/mol. The Hall–Kier alpha value is -1.76. The minimum atomic E-state index is 0.440. The Bertz CT molecular complexity index is 658. The summed E-state index contributed by atoms with van der Waals surface area (Å²) in [6.45, 7) is 6.81. The van der Waals surface area contributed by atoms with E-state index in [1.807, 2.05) is 0 Å². The van der Waals surface area contributed by atoms with E-state index in [2.05, 4.69) is 73.9 Å². The first-order valence-corrected chi connectivity index (χ1v) is 7.17. The van der Waals surface area contributed by atoms with Crippen molar-refractivity contribution in [3.05, 3.63) is 59.8 Å². The number of nitrogens with zero attached hydrogens (tertiary/aromatic N) is 1. The summed E-state index contributed by atoms with van der Waals surface area (Å²) in [5.74, 6) is 0.546. The zero-order valence-corrected chi connectivity index (χ0v) is 11.9. The number of fused-ring (bicyclic) bond motifs is 1. The van der Waals surface area contributed by atoms with Crippen LogP contribution in [0.3, 0.4) is 0 Å². The molecule has 1 aliphatic carbocycles. The normalized spacial score (nSPS) is 22.3. The minimum Gasteiger partial charge on any atom is -0.337 e. The molecule has 0 saturated carbocycles. The van der Waals surface area contributed by atoms with E-state index in [4.69, 9.17) is 0 Å². The monoisotopic (exact) mass is 251 g/mol. The van der Waals surface area contributed by atoms with Gasteiger partial charge in [0.05, 0.1) is 6.04 Å². The van der Waals surface area contributed by atoms with E-state index in [-0.39, 0.29) is 0 Å². The van der Waals surface area contributed by atoms with E-state index >= 15 is 0 Å². The fraction of sp³-hybridized carbons (Fsp3) is 0.333. The molecule has 0 fully saturated rings. The maximum Gasteiger partial charge on any atom is 0.0582 e. The van der Waals surface area contributed by atoms with Crippen LogP contribution in [0.25, 0.3) is 10.9 Å². The van der Waals surface area contributed by atoms with Crippen molar-refractivity contribution < 1.29 is 0 Å². The van der Waals surface area contributed by atoms with E-state index in [9.17, 15) is 0 Å². The highest BCUT2D eigenvalue weighted by Crippen LogP contribution is 2.34. The topological polar surface area (TPSA) is 4.93 Å². The number of benzene rings is 1. The molecule has 2 aromatic rings. The average Bonchev–Trinajstić information content (AvgIpc) is 2.71. The van der Waals surface area contributed by atoms with Gasteiger partial charge in [0.2, 0.25) is 0 Å². The molecule has 98 valence electrons. The highest BCUT2D eigenvalue weighted by Gasteiger charge is 2.21. The van der Waals surface area contributed by atoms with Crippen LogP contribution in [0.4, 0.5) is 0 Å². The molecule has 1 aromatic carbocycles. The van der Waals surface area contributed by atoms with Gasteiger partial charge in [0.25, 0.3) is 0 Å². The maximum absolute atomic E-state index is 2.51. The quantitative estimate of drug-likeness (QED) is 0.721. The zero-order chi connectivity index (χ0) is 13.4. The summed E-state index contributed by atoms with van der Waals surface area (Å²) in [5, 5.41) is 1.41. The lowest BCUT2D eigenvalue weighted by molar-refractivity contribution is 0.490. The van der Waals surface area contributed by atoms with Crippen LogP contribution in [0.1, 0.15) is 31.1 Å². The first-order chi connectivity index (χ1) is 9.24. The second-order valence-electron chi connectivity index (χ2n) is 5.42. The lowest BCUT2D eigenvalue weighted by Gasteiger charge is -2.25. The van der Waals surface area contributed by atoms with Crippen LogP contribution in [0.5, 0.6) is 0 Å². The summed E-state index contributed by atoms with van der Waals surface area (Å²) in [6.07, 6.45) is 10.0. The summed E-state index contributed by atoms with van der Waals surface area (Å²) in [5.41, 5.74) is 4.28. The number of aromatic nitrogens is 1. The van der Waals surface area contributed by atoms with Crippen molar-refractivity contribution in [2.45, 2.75) is 33.2 Å². The smallest absolute Gasteiger partial charge is 0.0582 e. The molecule has 1 heterocycles. The predicted octanol–water partition coefficient (Wildman–Crippen LogP) is 4.82. The Morgan fingerprint density at radius 1 is 1.11 bits per heavy atom. The number of allylic oxidation sites excluding steroid dienone is 4. The zero-order valence-electron chi connectivity index (χ0n) is 11.9. The predicted molar refractivity (Wildman–Crippen MR) is 82.5 cm³/mol. The number of hydrogen-bond donors (Lipinski definition) is 0. The molecule has 1 heteroatoms. The van der Waals surface area contributed by atoms with Crippen LogP contribution in [0.15, 0.2) is 48.6 Å². The lowest BCUT2D eigenvalue weighted by Crippen LogP contribution is -2.16. The molecule has 0 radical (unpaired) electrons. The van der Waals surface area contributed by atoms with E-state index in [0.717, 1.165) is 6.42 Å². The third-order valence-electron chi connectivity index (χ3n) is 4.31. The van der Waals surface area contributed by atoms with Crippen molar-refractivity contribution in [2.75, 3.05) is 0 Å². The number of para-hydroxylation sites is 1. The first kappa shape index (κ1) is 12.3. The van der Waals surface area contributed by atoms with Crippen LogP contribution in [0, 0.1) is 12.8 Å². The summed E-state index contributed by atoms with van der Waals surface area (Å²) < 4.78 is 2.51. The van der Waals surface area contributed by atoms with Gasteiger partial charge in [0.1, 0.15) is 0 Å². The van der Waals surface area contributed by atoms with Gasteiger partial charge >= 0.3 is 0 Å². The van der Waals surface area contributed by atoms with Crippen LogP contribution in [0.2, 0.25) is 0 Å². The molecule has 2 unspecified atom stereocenters. The third-order valence-corrected chi connectivity index (χ3v) is 4.31. The van der Waals surface area contributed by atoms with Gasteiger partial charge in [-0.2, -0.15) is 0 Å². The van der Waals surface area contributed by atoms with Crippen LogP contribution >= 0.6 is 0 Å². The molecule has 1 aromatic heterocycles. The van der Waals surface area contributed by atoms with Gasteiger partial charge in [-0.05, 0) is 30.9 Å². The molecule has 19 heavy (non-hydrogen) atoms. The van der Waals surface area contributed by atoms with Crippen molar-refractivity contribution in [3.8, 4) is 0 Å². The first-order valence-electron chi connectivity index (χ1n) is 7.17. The van der Waals surface area contributed by atoms with Crippen molar-refractivity contribution in [1.82, 2.24) is 4.57 Å². The molecule has 0 amide bonds. The van der Waals surface area contributed by atoms with E-state index in [1.165, 1.54) is 22.2 Å². The van der Waals surface area contributed by atoms with Crippen molar-refractivity contribution in [1.29, 1.82) is 0 Å². The fourth-order valence-electron chi connectivity index (χ4n) is 3.32. The highest BCUT2D eigenvalue weighted by molar-refractivity contribution is 5.85. The number of hydrogen-bond acceptors (Lipinski definition) is 0. The molecular formula is C18H21N. The maximum atomic E-state index is 2.51. The largest absolute Gasteiger partial charge is 0.337 e. The van der Waals surface area contributed by atoms with Crippen molar-refractivity contribution in [2.24, 2.45) is 5.92 Å². The number of aryl methyl sites for hydroxylation is 1. The van der Waals surface area contributed by atoms with Gasteiger partial charge in [-0.15, -0.1) is 0 Å². The molecule has 2 atom stereocenters. The van der Waals surface area contributed by atoms with Crippen molar-refractivity contribution >= 4 is 10.9 Å². The molecule has 0 spiro atoms. The molecule has 0 bridgehead atoms. The van der Waals surface area contributed by atoms with E-state index < -0.39 is 0 Å². The molecule has 0 saturated heterocycles. The Labute approximate surface area is 115 Å². The highest BCUT2D eigenvalue weighted by atomic mass is 15.0. The standard InChI is InChI=1S/C18H21N/c1-4-15-14(3)19(17-11-7-5-9-13(17)2)18-12-8-6-10-16(15)18/h5-13,17H,4H2,1-3H3. The van der Waals surface area contributed by atoms with Gasteiger partial charge in [-0.25, -0.2) is 0 Å².